The summed E-state index contributed by atoms with van der Waals surface area (Å²) in [5, 5.41) is 19.5. The summed E-state index contributed by atoms with van der Waals surface area (Å²) in [5.74, 6) is 0.354. The number of carboxylic acid groups (broad SMARTS) is 1. The number of nitrogens with zero attached hydrogens (tertiary/aromatic N) is 2. The first-order chi connectivity index (χ1) is 9.95. The summed E-state index contributed by atoms with van der Waals surface area (Å²) < 4.78 is 0. The van der Waals surface area contributed by atoms with Gasteiger partial charge in [0.05, 0.1) is 17.0 Å². The lowest BCUT2D eigenvalue weighted by Crippen LogP contribution is -2.34. The van der Waals surface area contributed by atoms with Crippen LogP contribution in [0.15, 0.2) is 30.3 Å². The van der Waals surface area contributed by atoms with Gasteiger partial charge in [0, 0.05) is 12.1 Å². The largest absolute Gasteiger partial charge is 0.480 e. The van der Waals surface area contributed by atoms with Crippen molar-refractivity contribution in [1.82, 2.24) is 4.90 Å². The van der Waals surface area contributed by atoms with Gasteiger partial charge in [-0.2, -0.15) is 0 Å². The molecule has 0 aromatic heterocycles. The predicted molar refractivity (Wildman–Crippen MR) is 75.2 cm³/mol. The van der Waals surface area contributed by atoms with Gasteiger partial charge in [0.25, 0.3) is 5.69 Å². The molecule has 0 bridgehead atoms. The molecule has 0 aliphatic carbocycles. The highest BCUT2D eigenvalue weighted by Crippen LogP contribution is 2.18. The standard InChI is InChI=1S/C14H12N2O5/c1-2-9-15(10-14(18)19)13(17)8-7-11-5-3-4-6-12(11)16(20)21/h1,3-8H,9-10H2,(H,18,19). The van der Waals surface area contributed by atoms with Crippen molar-refractivity contribution in [1.29, 1.82) is 0 Å². The second kappa shape index (κ2) is 7.45. The van der Waals surface area contributed by atoms with Crippen LogP contribution < -0.4 is 0 Å². The Balaban J connectivity index is 2.93. The van der Waals surface area contributed by atoms with Gasteiger partial charge in [-0.1, -0.05) is 18.1 Å². The highest BCUT2D eigenvalue weighted by Gasteiger charge is 2.14. The number of rotatable bonds is 6. The van der Waals surface area contributed by atoms with Crippen molar-refractivity contribution in [2.75, 3.05) is 13.1 Å². The van der Waals surface area contributed by atoms with Gasteiger partial charge >= 0.3 is 5.97 Å². The molecule has 0 aliphatic rings. The summed E-state index contributed by atoms with van der Waals surface area (Å²) in [6, 6.07) is 5.88. The molecule has 7 heteroatoms. The van der Waals surface area contributed by atoms with Crippen molar-refractivity contribution < 1.29 is 19.6 Å². The molecule has 1 N–H and O–H groups in total. The lowest BCUT2D eigenvalue weighted by Gasteiger charge is -2.15. The minimum Gasteiger partial charge on any atom is -0.480 e. The number of amides is 1. The molecule has 1 rings (SSSR count). The number of terminal acetylenes is 1. The Kier molecular flexibility index (Phi) is 5.65. The lowest BCUT2D eigenvalue weighted by molar-refractivity contribution is -0.385. The normalized spacial score (nSPS) is 10.0. The van der Waals surface area contributed by atoms with Crippen LogP contribution in [-0.4, -0.2) is 39.9 Å². The van der Waals surface area contributed by atoms with E-state index in [9.17, 15) is 19.7 Å². The van der Waals surface area contributed by atoms with Gasteiger partial charge in [0.1, 0.15) is 6.54 Å². The molecule has 1 aromatic rings. The van der Waals surface area contributed by atoms with Crippen molar-refractivity contribution >= 4 is 23.6 Å². The maximum Gasteiger partial charge on any atom is 0.323 e. The second-order valence-electron chi connectivity index (χ2n) is 3.94. The van der Waals surface area contributed by atoms with Crippen molar-refractivity contribution in [3.8, 4) is 12.3 Å². The molecule has 0 aliphatic heterocycles. The molecule has 21 heavy (non-hydrogen) atoms. The molecule has 0 atom stereocenters. The van der Waals surface area contributed by atoms with E-state index in [1.54, 1.807) is 6.07 Å². The molecule has 0 spiro atoms. The zero-order chi connectivity index (χ0) is 15.8. The number of para-hydroxylation sites is 1. The quantitative estimate of drug-likeness (QED) is 0.366. The smallest absolute Gasteiger partial charge is 0.323 e. The van der Waals surface area contributed by atoms with Gasteiger partial charge < -0.3 is 10.0 Å². The third kappa shape index (κ3) is 4.80. The Hall–Kier alpha value is -3.14. The molecule has 0 fully saturated rings. The minimum atomic E-state index is -1.20. The fraction of sp³-hybridized carbons (Fsp3) is 0.143. The Bertz CT molecular complexity index is 630. The van der Waals surface area contributed by atoms with Crippen LogP contribution in [0.5, 0.6) is 0 Å². The van der Waals surface area contributed by atoms with Crippen LogP contribution in [0.4, 0.5) is 5.69 Å². The Morgan fingerprint density at radius 3 is 2.67 bits per heavy atom. The molecule has 0 saturated carbocycles. The SMILES string of the molecule is C#CCN(CC(=O)O)C(=O)C=Cc1ccccc1[N+](=O)[O-]. The van der Waals surface area contributed by atoms with E-state index in [0.29, 0.717) is 0 Å². The van der Waals surface area contributed by atoms with Crippen LogP contribution in [0.3, 0.4) is 0 Å². The van der Waals surface area contributed by atoms with Crippen LogP contribution in [-0.2, 0) is 9.59 Å². The van der Waals surface area contributed by atoms with E-state index in [2.05, 4.69) is 5.92 Å². The number of carboxylic acids is 1. The van der Waals surface area contributed by atoms with Crippen molar-refractivity contribution in [3.05, 3.63) is 46.0 Å². The van der Waals surface area contributed by atoms with E-state index in [-0.39, 0.29) is 17.8 Å². The van der Waals surface area contributed by atoms with Gasteiger partial charge in [0.2, 0.25) is 5.91 Å². The average Bonchev–Trinajstić information content (AvgIpc) is 2.44. The summed E-state index contributed by atoms with van der Waals surface area (Å²) in [6.07, 6.45) is 7.38. The first kappa shape index (κ1) is 15.9. The number of carbonyl (C=O) groups excluding carboxylic acids is 1. The molecular weight excluding hydrogens is 276 g/mol. The molecule has 108 valence electrons. The highest BCUT2D eigenvalue weighted by molar-refractivity contribution is 5.94. The number of benzene rings is 1. The zero-order valence-corrected chi connectivity index (χ0v) is 10.9. The van der Waals surface area contributed by atoms with E-state index in [1.165, 1.54) is 24.3 Å². The number of nitro groups is 1. The Morgan fingerprint density at radius 1 is 1.43 bits per heavy atom. The number of nitro benzene ring substituents is 1. The summed E-state index contributed by atoms with van der Waals surface area (Å²) in [4.78, 5) is 33.7. The molecule has 7 nitrogen and oxygen atoms in total. The summed E-state index contributed by atoms with van der Waals surface area (Å²) in [7, 11) is 0. The van der Waals surface area contributed by atoms with E-state index in [4.69, 9.17) is 11.5 Å². The third-order valence-corrected chi connectivity index (χ3v) is 2.46. The lowest BCUT2D eigenvalue weighted by atomic mass is 10.1. The van der Waals surface area contributed by atoms with Gasteiger partial charge in [-0.25, -0.2) is 0 Å². The van der Waals surface area contributed by atoms with Gasteiger partial charge in [0.15, 0.2) is 0 Å². The first-order valence-corrected chi connectivity index (χ1v) is 5.81. The van der Waals surface area contributed by atoms with Crippen molar-refractivity contribution in [3.63, 3.8) is 0 Å². The van der Waals surface area contributed by atoms with Gasteiger partial charge in [-0.05, 0) is 12.1 Å². The zero-order valence-electron chi connectivity index (χ0n) is 10.9. The second-order valence-corrected chi connectivity index (χ2v) is 3.94. The van der Waals surface area contributed by atoms with E-state index < -0.39 is 23.3 Å². The Labute approximate surface area is 120 Å². The van der Waals surface area contributed by atoms with Crippen LogP contribution in [0.2, 0.25) is 0 Å². The molecule has 0 heterocycles. The van der Waals surface area contributed by atoms with Crippen LogP contribution in [0, 0.1) is 22.5 Å². The van der Waals surface area contributed by atoms with Gasteiger partial charge in [-0.3, -0.25) is 19.7 Å². The molecule has 0 saturated heterocycles. The number of carbonyl (C=O) groups is 2. The van der Waals surface area contributed by atoms with Crippen molar-refractivity contribution in [2.45, 2.75) is 0 Å². The molecule has 1 amide bonds. The molecule has 1 aromatic carbocycles. The topological polar surface area (TPSA) is 101 Å². The molecular formula is C14H12N2O5. The maximum atomic E-state index is 11.8. The predicted octanol–water partition coefficient (Wildman–Crippen LogP) is 1.15. The van der Waals surface area contributed by atoms with Crippen molar-refractivity contribution in [2.24, 2.45) is 0 Å². The maximum absolute atomic E-state index is 11.8. The first-order valence-electron chi connectivity index (χ1n) is 5.81. The fourth-order valence-electron chi connectivity index (χ4n) is 1.55. The molecule has 0 radical (unpaired) electrons. The van der Waals surface area contributed by atoms with Crippen LogP contribution in [0.1, 0.15) is 5.56 Å². The average molecular weight is 288 g/mol. The minimum absolute atomic E-state index is 0.150. The summed E-state index contributed by atoms with van der Waals surface area (Å²) in [6.45, 7) is -0.698. The van der Waals surface area contributed by atoms with Gasteiger partial charge in [-0.15, -0.1) is 6.42 Å². The number of hydrogen-bond acceptors (Lipinski definition) is 4. The fourth-order valence-corrected chi connectivity index (χ4v) is 1.55. The monoisotopic (exact) mass is 288 g/mol. The summed E-state index contributed by atoms with van der Waals surface area (Å²) in [5.41, 5.74) is 0.0927. The number of aliphatic carboxylic acids is 1. The number of hydrogen-bond donors (Lipinski definition) is 1. The summed E-state index contributed by atoms with van der Waals surface area (Å²) >= 11 is 0. The Morgan fingerprint density at radius 2 is 2.10 bits per heavy atom. The van der Waals surface area contributed by atoms with E-state index in [0.717, 1.165) is 11.0 Å². The third-order valence-electron chi connectivity index (χ3n) is 2.46. The van der Waals surface area contributed by atoms with Crippen LogP contribution >= 0.6 is 0 Å². The van der Waals surface area contributed by atoms with E-state index >= 15 is 0 Å². The van der Waals surface area contributed by atoms with Crippen LogP contribution in [0.25, 0.3) is 6.08 Å². The van der Waals surface area contributed by atoms with E-state index in [1.807, 2.05) is 0 Å². The molecule has 0 unspecified atom stereocenters. The highest BCUT2D eigenvalue weighted by atomic mass is 16.6.